The van der Waals surface area contributed by atoms with Gasteiger partial charge < -0.3 is 19.5 Å². The van der Waals surface area contributed by atoms with Gasteiger partial charge in [0.25, 0.3) is 5.91 Å². The summed E-state index contributed by atoms with van der Waals surface area (Å²) < 4.78 is 14.8. The Bertz CT molecular complexity index is 1040. The van der Waals surface area contributed by atoms with Gasteiger partial charge in [0.2, 0.25) is 0 Å². The number of amides is 2. The highest BCUT2D eigenvalue weighted by Gasteiger charge is 2.28. The number of nitrogens with one attached hydrogen (secondary N) is 1. The second kappa shape index (κ2) is 11.8. The van der Waals surface area contributed by atoms with Crippen molar-refractivity contribution in [3.63, 3.8) is 0 Å². The lowest BCUT2D eigenvalue weighted by Crippen LogP contribution is -2.41. The summed E-state index contributed by atoms with van der Waals surface area (Å²) >= 11 is 0. The molecule has 2 aromatic carbocycles. The Hall–Kier alpha value is -3.88. The Kier molecular flexibility index (Phi) is 8.61. The van der Waals surface area contributed by atoms with Gasteiger partial charge >= 0.3 is 18.0 Å². The minimum atomic E-state index is -0.889. The van der Waals surface area contributed by atoms with Crippen molar-refractivity contribution in [3.8, 4) is 0 Å². The van der Waals surface area contributed by atoms with Crippen LogP contribution in [0, 0.1) is 0 Å². The van der Waals surface area contributed by atoms with E-state index in [2.05, 4.69) is 10.1 Å². The van der Waals surface area contributed by atoms with Gasteiger partial charge in [-0.15, -0.1) is 0 Å². The second-order valence-electron chi connectivity index (χ2n) is 7.80. The van der Waals surface area contributed by atoms with Crippen LogP contribution in [0.5, 0.6) is 0 Å². The number of benzene rings is 2. The molecule has 0 radical (unpaired) electrons. The molecule has 2 amide bonds. The van der Waals surface area contributed by atoms with Gasteiger partial charge in [0.05, 0.1) is 19.9 Å². The van der Waals surface area contributed by atoms with Crippen LogP contribution >= 0.6 is 0 Å². The van der Waals surface area contributed by atoms with Crippen molar-refractivity contribution >= 4 is 29.6 Å². The average Bonchev–Trinajstić information content (AvgIpc) is 3.30. The molecule has 1 N–H and O–H groups in total. The molecular weight excluding hydrogens is 440 g/mol. The van der Waals surface area contributed by atoms with Gasteiger partial charge in [0.1, 0.15) is 12.6 Å². The summed E-state index contributed by atoms with van der Waals surface area (Å²) in [7, 11) is 2.53. The molecule has 0 saturated carbocycles. The monoisotopic (exact) mass is 468 g/mol. The molecule has 1 atom stereocenters. The van der Waals surface area contributed by atoms with Crippen LogP contribution < -0.4 is 10.2 Å². The third-order valence-corrected chi connectivity index (χ3v) is 5.56. The number of anilines is 1. The largest absolute Gasteiger partial charge is 0.469 e. The standard InChI is InChI=1S/C25H28N2O7/c1-32-22(28)10-6-9-20(24(30)33-2)26-23(29)19-11-12-21-18(15-19)13-14-27(21)25(31)34-16-17-7-4-3-5-8-17/h3-5,7-8,11-12,15,20H,6,9-10,13-14,16H2,1-2H3,(H,26,29)/t20-/m0/s1. The lowest BCUT2D eigenvalue weighted by atomic mass is 10.1. The maximum Gasteiger partial charge on any atom is 0.414 e. The van der Waals surface area contributed by atoms with Crippen LogP contribution in [-0.4, -0.2) is 50.7 Å². The third kappa shape index (κ3) is 6.34. The number of methoxy groups -OCH3 is 2. The van der Waals surface area contributed by atoms with Crippen LogP contribution in [-0.2, 0) is 36.8 Å². The number of carbonyl (C=O) groups is 4. The van der Waals surface area contributed by atoms with E-state index in [1.165, 1.54) is 14.2 Å². The minimum Gasteiger partial charge on any atom is -0.469 e. The fourth-order valence-corrected chi connectivity index (χ4v) is 3.72. The van der Waals surface area contributed by atoms with E-state index in [9.17, 15) is 19.2 Å². The highest BCUT2D eigenvalue weighted by Crippen LogP contribution is 2.29. The molecule has 0 spiro atoms. The lowest BCUT2D eigenvalue weighted by Gasteiger charge is -2.18. The van der Waals surface area contributed by atoms with E-state index in [1.807, 2.05) is 30.3 Å². The number of ether oxygens (including phenoxy) is 3. The first-order valence-corrected chi connectivity index (χ1v) is 11.0. The smallest absolute Gasteiger partial charge is 0.414 e. The van der Waals surface area contributed by atoms with Crippen molar-refractivity contribution in [2.24, 2.45) is 0 Å². The molecule has 0 saturated heterocycles. The molecule has 0 fully saturated rings. The van der Waals surface area contributed by atoms with Gasteiger partial charge in [-0.05, 0) is 48.6 Å². The van der Waals surface area contributed by atoms with E-state index < -0.39 is 24.0 Å². The summed E-state index contributed by atoms with van der Waals surface area (Å²) in [4.78, 5) is 50.3. The molecule has 2 aromatic rings. The first-order chi connectivity index (χ1) is 16.4. The zero-order valence-electron chi connectivity index (χ0n) is 19.2. The Morgan fingerprint density at radius 3 is 2.50 bits per heavy atom. The van der Waals surface area contributed by atoms with Crippen LogP contribution in [0.25, 0.3) is 0 Å². The first-order valence-electron chi connectivity index (χ1n) is 11.0. The molecule has 1 heterocycles. The Morgan fingerprint density at radius 2 is 1.79 bits per heavy atom. The van der Waals surface area contributed by atoms with Gasteiger partial charge in [-0.3, -0.25) is 14.5 Å². The third-order valence-electron chi connectivity index (χ3n) is 5.56. The summed E-state index contributed by atoms with van der Waals surface area (Å²) in [5, 5.41) is 2.67. The summed E-state index contributed by atoms with van der Waals surface area (Å²) in [5.74, 6) is -1.42. The molecule has 1 aliphatic rings. The second-order valence-corrected chi connectivity index (χ2v) is 7.80. The van der Waals surface area contributed by atoms with Crippen LogP contribution in [0.15, 0.2) is 48.5 Å². The van der Waals surface area contributed by atoms with E-state index >= 15 is 0 Å². The molecule has 0 unspecified atom stereocenters. The SMILES string of the molecule is COC(=O)CCC[C@H](NC(=O)c1ccc2c(c1)CCN2C(=O)OCc1ccccc1)C(=O)OC. The molecular formula is C25H28N2O7. The Balaban J connectivity index is 1.61. The lowest BCUT2D eigenvalue weighted by molar-refractivity contribution is -0.144. The number of esters is 2. The minimum absolute atomic E-state index is 0.134. The zero-order valence-corrected chi connectivity index (χ0v) is 19.2. The van der Waals surface area contributed by atoms with Crippen molar-refractivity contribution in [2.75, 3.05) is 25.7 Å². The van der Waals surface area contributed by atoms with Crippen molar-refractivity contribution in [1.82, 2.24) is 5.32 Å². The Labute approximate surface area is 198 Å². The topological polar surface area (TPSA) is 111 Å². The molecule has 34 heavy (non-hydrogen) atoms. The summed E-state index contributed by atoms with van der Waals surface area (Å²) in [6.07, 6.45) is 0.859. The van der Waals surface area contributed by atoms with Gasteiger partial charge in [-0.1, -0.05) is 30.3 Å². The highest BCUT2D eigenvalue weighted by molar-refractivity contribution is 5.98. The van der Waals surface area contributed by atoms with Crippen LogP contribution in [0.1, 0.15) is 40.7 Å². The maximum absolute atomic E-state index is 12.8. The molecule has 3 rings (SSSR count). The summed E-state index contributed by atoms with van der Waals surface area (Å²) in [6, 6.07) is 13.5. The predicted octanol–water partition coefficient (Wildman–Crippen LogP) is 3.00. The molecule has 9 nitrogen and oxygen atoms in total. The van der Waals surface area contributed by atoms with Gasteiger partial charge in [-0.25, -0.2) is 9.59 Å². The fraction of sp³-hybridized carbons (Fsp3) is 0.360. The van der Waals surface area contributed by atoms with E-state index in [0.717, 1.165) is 11.1 Å². The zero-order chi connectivity index (χ0) is 24.5. The van der Waals surface area contributed by atoms with Gasteiger partial charge in [-0.2, -0.15) is 0 Å². The first kappa shape index (κ1) is 24.8. The van der Waals surface area contributed by atoms with Crippen molar-refractivity contribution in [2.45, 2.75) is 38.3 Å². The number of nitrogens with zero attached hydrogens (tertiary/aromatic N) is 1. The molecule has 180 valence electrons. The number of fused-ring (bicyclic) bond motifs is 1. The number of hydrogen-bond acceptors (Lipinski definition) is 7. The molecule has 0 bridgehead atoms. The molecule has 0 aliphatic carbocycles. The predicted molar refractivity (Wildman–Crippen MR) is 123 cm³/mol. The van der Waals surface area contributed by atoms with Crippen LogP contribution in [0.3, 0.4) is 0 Å². The normalized spacial score (nSPS) is 12.9. The quantitative estimate of drug-likeness (QED) is 0.445. The molecule has 0 aromatic heterocycles. The summed E-state index contributed by atoms with van der Waals surface area (Å²) in [5.41, 5.74) is 2.79. The van der Waals surface area contributed by atoms with Crippen molar-refractivity contribution in [3.05, 3.63) is 65.2 Å². The highest BCUT2D eigenvalue weighted by atomic mass is 16.6. The van der Waals surface area contributed by atoms with Gasteiger partial charge in [0.15, 0.2) is 0 Å². The average molecular weight is 469 g/mol. The van der Waals surface area contributed by atoms with Gasteiger partial charge in [0, 0.05) is 18.5 Å². The van der Waals surface area contributed by atoms with Crippen molar-refractivity contribution < 1.29 is 33.4 Å². The number of carbonyl (C=O) groups excluding carboxylic acids is 4. The van der Waals surface area contributed by atoms with E-state index in [4.69, 9.17) is 9.47 Å². The number of hydrogen-bond donors (Lipinski definition) is 1. The summed E-state index contributed by atoms with van der Waals surface area (Å²) in [6.45, 7) is 0.628. The Morgan fingerprint density at radius 1 is 1.03 bits per heavy atom. The molecule has 1 aliphatic heterocycles. The van der Waals surface area contributed by atoms with E-state index in [0.29, 0.717) is 30.6 Å². The van der Waals surface area contributed by atoms with E-state index in [-0.39, 0.29) is 25.4 Å². The maximum atomic E-state index is 12.8. The number of rotatable bonds is 9. The van der Waals surface area contributed by atoms with E-state index in [1.54, 1.807) is 23.1 Å². The molecule has 9 heteroatoms. The van der Waals surface area contributed by atoms with Crippen molar-refractivity contribution in [1.29, 1.82) is 0 Å². The fourth-order valence-electron chi connectivity index (χ4n) is 3.72. The van der Waals surface area contributed by atoms with Crippen LogP contribution in [0.4, 0.5) is 10.5 Å². The van der Waals surface area contributed by atoms with Crippen LogP contribution in [0.2, 0.25) is 0 Å².